The van der Waals surface area contributed by atoms with Crippen LogP contribution in [0.1, 0.15) is 50.7 Å². The summed E-state index contributed by atoms with van der Waals surface area (Å²) in [4.78, 5) is 14.7. The Labute approximate surface area is 172 Å². The molecule has 0 spiro atoms. The Morgan fingerprint density at radius 1 is 1.17 bits per heavy atom. The molecule has 1 aromatic carbocycles. The van der Waals surface area contributed by atoms with Crippen LogP contribution in [0.2, 0.25) is 0 Å². The van der Waals surface area contributed by atoms with Crippen molar-refractivity contribution < 1.29 is 14.3 Å². The topological polar surface area (TPSA) is 81.5 Å². The molecule has 0 saturated carbocycles. The summed E-state index contributed by atoms with van der Waals surface area (Å²) in [5.41, 5.74) is 0.725. The second kappa shape index (κ2) is 10.1. The molecule has 8 heteroatoms. The zero-order valence-corrected chi connectivity index (χ0v) is 17.6. The third-order valence-electron chi connectivity index (χ3n) is 5.22. The highest BCUT2D eigenvalue weighted by Gasteiger charge is 2.22. The summed E-state index contributed by atoms with van der Waals surface area (Å²) in [7, 11) is 3.18. The minimum Gasteiger partial charge on any atom is -0.493 e. The van der Waals surface area contributed by atoms with Crippen LogP contribution in [-0.4, -0.2) is 41.6 Å². The Hall–Kier alpha value is -2.77. The maximum absolute atomic E-state index is 13.0. The van der Waals surface area contributed by atoms with E-state index in [1.54, 1.807) is 19.1 Å². The molecular formula is C21H31N5O3. The maximum atomic E-state index is 13.0. The Morgan fingerprint density at radius 3 is 2.76 bits per heavy atom. The normalized spacial score (nSPS) is 13.3. The number of benzene rings is 1. The molecule has 0 radical (unpaired) electrons. The van der Waals surface area contributed by atoms with E-state index >= 15 is 0 Å². The van der Waals surface area contributed by atoms with Gasteiger partial charge in [-0.15, -0.1) is 10.2 Å². The summed E-state index contributed by atoms with van der Waals surface area (Å²) in [5, 5.41) is 11.8. The van der Waals surface area contributed by atoms with E-state index in [9.17, 15) is 4.79 Å². The predicted molar refractivity (Wildman–Crippen MR) is 112 cm³/mol. The molecule has 0 unspecified atom stereocenters. The third-order valence-corrected chi connectivity index (χ3v) is 5.22. The first-order valence-electron chi connectivity index (χ1n) is 10.4. The molecular weight excluding hydrogens is 370 g/mol. The molecule has 29 heavy (non-hydrogen) atoms. The number of urea groups is 1. The number of aromatic nitrogens is 3. The number of ether oxygens (including phenoxy) is 2. The fourth-order valence-corrected chi connectivity index (χ4v) is 3.54. The summed E-state index contributed by atoms with van der Waals surface area (Å²) in [5.74, 6) is 3.02. The van der Waals surface area contributed by atoms with Gasteiger partial charge in [-0.2, -0.15) is 0 Å². The fourth-order valence-electron chi connectivity index (χ4n) is 3.54. The van der Waals surface area contributed by atoms with Gasteiger partial charge in [0.15, 0.2) is 17.3 Å². The van der Waals surface area contributed by atoms with E-state index in [0.29, 0.717) is 24.6 Å². The number of nitrogens with one attached hydrogen (secondary N) is 1. The van der Waals surface area contributed by atoms with Crippen molar-refractivity contribution in [2.45, 2.75) is 58.5 Å². The number of nitrogens with zero attached hydrogens (tertiary/aromatic N) is 4. The molecule has 1 aliphatic heterocycles. The molecule has 1 N–H and O–H groups in total. The SMILES string of the molecule is CCCCNC(=O)N(Cc1nnc2n1CCCCC2)c1ccc(OC)c(OC)c1. The number of aryl methyl sites for hydroxylation is 1. The van der Waals surface area contributed by atoms with E-state index < -0.39 is 0 Å². The molecule has 2 heterocycles. The monoisotopic (exact) mass is 401 g/mol. The molecule has 1 aliphatic rings. The van der Waals surface area contributed by atoms with E-state index in [1.807, 2.05) is 18.2 Å². The molecule has 0 fully saturated rings. The predicted octanol–water partition coefficient (Wildman–Crippen LogP) is 3.54. The van der Waals surface area contributed by atoms with Crippen molar-refractivity contribution in [2.75, 3.05) is 25.7 Å². The lowest BCUT2D eigenvalue weighted by atomic mass is 10.2. The van der Waals surface area contributed by atoms with Crippen molar-refractivity contribution in [3.8, 4) is 11.5 Å². The van der Waals surface area contributed by atoms with Gasteiger partial charge in [0.05, 0.1) is 20.8 Å². The van der Waals surface area contributed by atoms with Gasteiger partial charge in [-0.3, -0.25) is 4.90 Å². The summed E-state index contributed by atoms with van der Waals surface area (Å²) in [6, 6.07) is 5.33. The second-order valence-electron chi connectivity index (χ2n) is 7.21. The smallest absolute Gasteiger partial charge is 0.322 e. The maximum Gasteiger partial charge on any atom is 0.322 e. The van der Waals surface area contributed by atoms with Crippen LogP contribution in [0.3, 0.4) is 0 Å². The van der Waals surface area contributed by atoms with Crippen molar-refractivity contribution in [2.24, 2.45) is 0 Å². The van der Waals surface area contributed by atoms with Gasteiger partial charge >= 0.3 is 6.03 Å². The van der Waals surface area contributed by atoms with Gasteiger partial charge in [0.2, 0.25) is 0 Å². The third kappa shape index (κ3) is 4.99. The van der Waals surface area contributed by atoms with Gasteiger partial charge < -0.3 is 19.4 Å². The van der Waals surface area contributed by atoms with Crippen molar-refractivity contribution in [1.29, 1.82) is 0 Å². The van der Waals surface area contributed by atoms with Crippen molar-refractivity contribution >= 4 is 11.7 Å². The number of rotatable bonds is 8. The highest BCUT2D eigenvalue weighted by atomic mass is 16.5. The van der Waals surface area contributed by atoms with E-state index in [4.69, 9.17) is 9.47 Å². The van der Waals surface area contributed by atoms with Crippen LogP contribution in [-0.2, 0) is 19.5 Å². The van der Waals surface area contributed by atoms with Crippen LogP contribution in [0.15, 0.2) is 18.2 Å². The first-order chi connectivity index (χ1) is 14.2. The van der Waals surface area contributed by atoms with Gasteiger partial charge in [-0.1, -0.05) is 19.8 Å². The molecule has 0 atom stereocenters. The van der Waals surface area contributed by atoms with Crippen LogP contribution in [0.4, 0.5) is 10.5 Å². The quantitative estimate of drug-likeness (QED) is 0.684. The minimum atomic E-state index is -0.156. The molecule has 0 bridgehead atoms. The number of fused-ring (bicyclic) bond motifs is 1. The van der Waals surface area contributed by atoms with E-state index in [2.05, 4.69) is 27.0 Å². The number of unbranched alkanes of at least 4 members (excludes halogenated alkanes) is 1. The number of methoxy groups -OCH3 is 2. The van der Waals surface area contributed by atoms with Crippen LogP contribution >= 0.6 is 0 Å². The van der Waals surface area contributed by atoms with Gasteiger partial charge in [-0.25, -0.2) is 4.79 Å². The largest absolute Gasteiger partial charge is 0.493 e. The summed E-state index contributed by atoms with van der Waals surface area (Å²) < 4.78 is 12.9. The lowest BCUT2D eigenvalue weighted by Crippen LogP contribution is -2.40. The lowest BCUT2D eigenvalue weighted by molar-refractivity contribution is 0.245. The van der Waals surface area contributed by atoms with E-state index in [1.165, 1.54) is 6.42 Å². The first-order valence-corrected chi connectivity index (χ1v) is 10.4. The zero-order valence-electron chi connectivity index (χ0n) is 17.6. The number of hydrogen-bond acceptors (Lipinski definition) is 5. The molecule has 2 aromatic rings. The summed E-state index contributed by atoms with van der Waals surface area (Å²) in [6.45, 7) is 3.98. The van der Waals surface area contributed by atoms with E-state index in [-0.39, 0.29) is 6.03 Å². The van der Waals surface area contributed by atoms with Crippen LogP contribution in [0, 0.1) is 0 Å². The number of anilines is 1. The molecule has 0 saturated heterocycles. The Kier molecular flexibility index (Phi) is 7.32. The van der Waals surface area contributed by atoms with Gasteiger partial charge in [0.25, 0.3) is 0 Å². The lowest BCUT2D eigenvalue weighted by Gasteiger charge is -2.24. The fraction of sp³-hybridized carbons (Fsp3) is 0.571. The van der Waals surface area contributed by atoms with Crippen molar-refractivity contribution in [3.63, 3.8) is 0 Å². The van der Waals surface area contributed by atoms with Gasteiger partial charge in [0.1, 0.15) is 5.82 Å². The summed E-state index contributed by atoms with van der Waals surface area (Å²) in [6.07, 6.45) is 6.33. The molecule has 2 amide bonds. The van der Waals surface area contributed by atoms with Crippen molar-refractivity contribution in [1.82, 2.24) is 20.1 Å². The molecule has 3 rings (SSSR count). The Balaban J connectivity index is 1.89. The van der Waals surface area contributed by atoms with Crippen molar-refractivity contribution in [3.05, 3.63) is 29.8 Å². The number of amides is 2. The molecule has 1 aromatic heterocycles. The number of hydrogen-bond donors (Lipinski definition) is 1. The van der Waals surface area contributed by atoms with Crippen LogP contribution < -0.4 is 19.7 Å². The van der Waals surface area contributed by atoms with Gasteiger partial charge in [-0.05, 0) is 31.4 Å². The molecule has 8 nitrogen and oxygen atoms in total. The standard InChI is InChI=1S/C21H31N5O3/c1-4-5-12-22-21(27)26(16-10-11-17(28-2)18(14-16)29-3)15-20-24-23-19-9-7-6-8-13-25(19)20/h10-11,14H,4-9,12-13,15H2,1-3H3,(H,22,27). The Morgan fingerprint density at radius 2 is 2.00 bits per heavy atom. The first kappa shape index (κ1) is 21.0. The highest BCUT2D eigenvalue weighted by molar-refractivity contribution is 5.92. The van der Waals surface area contributed by atoms with Crippen LogP contribution in [0.5, 0.6) is 11.5 Å². The molecule has 0 aliphatic carbocycles. The minimum absolute atomic E-state index is 0.156. The average molecular weight is 402 g/mol. The average Bonchev–Trinajstić information content (AvgIpc) is 2.96. The summed E-state index contributed by atoms with van der Waals surface area (Å²) >= 11 is 0. The zero-order chi connectivity index (χ0) is 20.6. The Bertz CT molecular complexity index is 821. The number of carbonyl (C=O) groups excluding carboxylic acids is 1. The highest BCUT2D eigenvalue weighted by Crippen LogP contribution is 2.32. The van der Waals surface area contributed by atoms with Crippen LogP contribution in [0.25, 0.3) is 0 Å². The van der Waals surface area contributed by atoms with E-state index in [0.717, 1.165) is 56.0 Å². The van der Waals surface area contributed by atoms with Gasteiger partial charge in [0, 0.05) is 31.3 Å². The second-order valence-corrected chi connectivity index (χ2v) is 7.21. The molecule has 158 valence electrons. The number of carbonyl (C=O) groups is 1.